The number of nitrogens with one attached hydrogen (secondary N) is 1. The van der Waals surface area contributed by atoms with E-state index in [0.717, 1.165) is 12.8 Å². The first-order valence-electron chi connectivity index (χ1n) is 5.47. The molecule has 1 aromatic rings. The quantitative estimate of drug-likeness (QED) is 0.797. The van der Waals surface area contributed by atoms with Crippen LogP contribution in [-0.4, -0.2) is 5.91 Å². The van der Waals surface area contributed by atoms with Gasteiger partial charge in [-0.05, 0) is 30.9 Å². The molecular weight excluding hydrogens is 222 g/mol. The maximum absolute atomic E-state index is 11.7. The van der Waals surface area contributed by atoms with Gasteiger partial charge in [0.15, 0.2) is 0 Å². The lowest BCUT2D eigenvalue weighted by molar-refractivity contribution is -0.116. The minimum absolute atomic E-state index is 0.0321. The van der Waals surface area contributed by atoms with E-state index in [-0.39, 0.29) is 5.91 Å². The molecule has 16 heavy (non-hydrogen) atoms. The molecule has 0 aliphatic heterocycles. The summed E-state index contributed by atoms with van der Waals surface area (Å²) < 4.78 is 0. The van der Waals surface area contributed by atoms with Crippen molar-refractivity contribution in [1.82, 2.24) is 0 Å². The highest BCUT2D eigenvalue weighted by atomic mass is 35.5. The van der Waals surface area contributed by atoms with Crippen LogP contribution in [0, 0.1) is 5.92 Å². The number of rotatable bonds is 3. The van der Waals surface area contributed by atoms with Gasteiger partial charge in [-0.25, -0.2) is 0 Å². The molecule has 3 heteroatoms. The van der Waals surface area contributed by atoms with Gasteiger partial charge in [0, 0.05) is 6.42 Å². The van der Waals surface area contributed by atoms with Gasteiger partial charge in [0.2, 0.25) is 5.91 Å². The third-order valence-corrected chi connectivity index (χ3v) is 3.04. The summed E-state index contributed by atoms with van der Waals surface area (Å²) in [5, 5.41) is 3.41. The largest absolute Gasteiger partial charge is 0.325 e. The molecule has 2 rings (SSSR count). The Bertz CT molecular complexity index is 414. The van der Waals surface area contributed by atoms with E-state index in [2.05, 4.69) is 17.5 Å². The Labute approximate surface area is 100 Å². The van der Waals surface area contributed by atoms with Gasteiger partial charge in [-0.3, -0.25) is 4.79 Å². The summed E-state index contributed by atoms with van der Waals surface area (Å²) in [5.74, 6) is 0.423. The lowest BCUT2D eigenvalue weighted by Gasteiger charge is -2.09. The molecular formula is C13H14ClNO. The van der Waals surface area contributed by atoms with Crippen LogP contribution in [0.3, 0.4) is 0 Å². The Morgan fingerprint density at radius 3 is 2.94 bits per heavy atom. The van der Waals surface area contributed by atoms with Gasteiger partial charge in [-0.2, -0.15) is 0 Å². The maximum atomic E-state index is 11.7. The van der Waals surface area contributed by atoms with Gasteiger partial charge in [-0.15, -0.1) is 0 Å². The summed E-state index contributed by atoms with van der Waals surface area (Å²) in [6.07, 6.45) is 6.96. The van der Waals surface area contributed by atoms with Crippen molar-refractivity contribution in [2.75, 3.05) is 5.32 Å². The monoisotopic (exact) mass is 235 g/mol. The van der Waals surface area contributed by atoms with Crippen molar-refractivity contribution < 1.29 is 4.79 Å². The minimum atomic E-state index is 0.0321. The van der Waals surface area contributed by atoms with Gasteiger partial charge in [-0.1, -0.05) is 35.9 Å². The summed E-state index contributed by atoms with van der Waals surface area (Å²) in [6, 6.07) is 7.28. The van der Waals surface area contributed by atoms with Crippen molar-refractivity contribution in [3.05, 3.63) is 41.4 Å². The fraction of sp³-hybridized carbons (Fsp3) is 0.308. The zero-order valence-electron chi connectivity index (χ0n) is 8.95. The molecule has 0 spiro atoms. The average molecular weight is 236 g/mol. The van der Waals surface area contributed by atoms with Crippen molar-refractivity contribution in [2.24, 2.45) is 5.92 Å². The van der Waals surface area contributed by atoms with Gasteiger partial charge in [0.1, 0.15) is 0 Å². The predicted molar refractivity (Wildman–Crippen MR) is 66.6 cm³/mol. The Hall–Kier alpha value is -1.28. The molecule has 1 aromatic carbocycles. The molecule has 0 bridgehead atoms. The first-order chi connectivity index (χ1) is 7.75. The molecule has 0 heterocycles. The van der Waals surface area contributed by atoms with Gasteiger partial charge >= 0.3 is 0 Å². The highest BCUT2D eigenvalue weighted by Gasteiger charge is 2.14. The smallest absolute Gasteiger partial charge is 0.225 e. The van der Waals surface area contributed by atoms with Crippen LogP contribution in [0.1, 0.15) is 19.3 Å². The maximum Gasteiger partial charge on any atom is 0.225 e. The van der Waals surface area contributed by atoms with Crippen LogP contribution in [0.4, 0.5) is 5.69 Å². The van der Waals surface area contributed by atoms with Crippen molar-refractivity contribution in [1.29, 1.82) is 0 Å². The second-order valence-electron chi connectivity index (χ2n) is 4.00. The van der Waals surface area contributed by atoms with Crippen molar-refractivity contribution in [2.45, 2.75) is 19.3 Å². The van der Waals surface area contributed by atoms with Gasteiger partial charge in [0.05, 0.1) is 10.7 Å². The summed E-state index contributed by atoms with van der Waals surface area (Å²) in [6.45, 7) is 0. The molecule has 84 valence electrons. The van der Waals surface area contributed by atoms with E-state index < -0.39 is 0 Å². The third-order valence-electron chi connectivity index (χ3n) is 2.71. The van der Waals surface area contributed by atoms with E-state index in [1.807, 2.05) is 18.2 Å². The van der Waals surface area contributed by atoms with E-state index in [1.54, 1.807) is 6.07 Å². The molecule has 0 saturated heterocycles. The van der Waals surface area contributed by atoms with E-state index in [9.17, 15) is 4.79 Å². The molecule has 1 unspecified atom stereocenters. The number of hydrogen-bond donors (Lipinski definition) is 1. The second kappa shape index (κ2) is 5.17. The summed E-state index contributed by atoms with van der Waals surface area (Å²) in [7, 11) is 0. The number of amides is 1. The molecule has 2 nitrogen and oxygen atoms in total. The normalized spacial score (nSPS) is 18.7. The van der Waals surface area contributed by atoms with Crippen LogP contribution < -0.4 is 5.32 Å². The Kier molecular flexibility index (Phi) is 3.62. The van der Waals surface area contributed by atoms with Crippen molar-refractivity contribution >= 4 is 23.2 Å². The summed E-state index contributed by atoms with van der Waals surface area (Å²) >= 11 is 5.96. The average Bonchev–Trinajstić information content (AvgIpc) is 2.74. The van der Waals surface area contributed by atoms with Gasteiger partial charge in [0.25, 0.3) is 0 Å². The number of hydrogen-bond acceptors (Lipinski definition) is 1. The Morgan fingerprint density at radius 1 is 1.44 bits per heavy atom. The van der Waals surface area contributed by atoms with E-state index in [1.165, 1.54) is 0 Å². The molecule has 0 fully saturated rings. The highest BCUT2D eigenvalue weighted by Crippen LogP contribution is 2.23. The van der Waals surface area contributed by atoms with E-state index >= 15 is 0 Å². The van der Waals surface area contributed by atoms with Crippen LogP contribution in [0.2, 0.25) is 5.02 Å². The van der Waals surface area contributed by atoms with Crippen molar-refractivity contribution in [3.63, 3.8) is 0 Å². The first kappa shape index (κ1) is 11.2. The molecule has 0 radical (unpaired) electrons. The Balaban J connectivity index is 1.92. The lowest BCUT2D eigenvalue weighted by Crippen LogP contribution is -2.14. The van der Waals surface area contributed by atoms with Crippen molar-refractivity contribution in [3.8, 4) is 0 Å². The number of anilines is 1. The van der Waals surface area contributed by atoms with Crippen LogP contribution >= 0.6 is 11.6 Å². The lowest BCUT2D eigenvalue weighted by atomic mass is 10.1. The van der Waals surface area contributed by atoms with E-state index in [0.29, 0.717) is 23.0 Å². The summed E-state index contributed by atoms with van der Waals surface area (Å²) in [4.78, 5) is 11.7. The number of halogens is 1. The predicted octanol–water partition coefficient (Wildman–Crippen LogP) is 3.63. The highest BCUT2D eigenvalue weighted by molar-refractivity contribution is 6.33. The van der Waals surface area contributed by atoms with Crippen LogP contribution in [-0.2, 0) is 4.79 Å². The molecule has 1 aliphatic carbocycles. The second-order valence-corrected chi connectivity index (χ2v) is 4.40. The zero-order valence-corrected chi connectivity index (χ0v) is 9.70. The van der Waals surface area contributed by atoms with Crippen LogP contribution in [0.15, 0.2) is 36.4 Å². The Morgan fingerprint density at radius 2 is 2.25 bits per heavy atom. The molecule has 1 N–H and O–H groups in total. The minimum Gasteiger partial charge on any atom is -0.325 e. The van der Waals surface area contributed by atoms with Gasteiger partial charge < -0.3 is 5.32 Å². The zero-order chi connectivity index (χ0) is 11.4. The van der Waals surface area contributed by atoms with Crippen LogP contribution in [0.5, 0.6) is 0 Å². The molecule has 1 atom stereocenters. The molecule has 0 aromatic heterocycles. The molecule has 1 amide bonds. The first-order valence-corrected chi connectivity index (χ1v) is 5.84. The van der Waals surface area contributed by atoms with Crippen LogP contribution in [0.25, 0.3) is 0 Å². The fourth-order valence-electron chi connectivity index (χ4n) is 1.87. The number of carbonyl (C=O) groups excluding carboxylic acids is 1. The number of benzene rings is 1. The topological polar surface area (TPSA) is 29.1 Å². The number of para-hydroxylation sites is 1. The fourth-order valence-corrected chi connectivity index (χ4v) is 2.05. The molecule has 0 saturated carbocycles. The third kappa shape index (κ3) is 2.86. The van der Waals surface area contributed by atoms with E-state index in [4.69, 9.17) is 11.6 Å². The SMILES string of the molecule is O=C(CC1C=CCC1)Nc1ccccc1Cl. The summed E-state index contributed by atoms with van der Waals surface area (Å²) in [5.41, 5.74) is 0.691. The molecule has 1 aliphatic rings. The number of allylic oxidation sites excluding steroid dienone is 2. The number of carbonyl (C=O) groups is 1. The standard InChI is InChI=1S/C13H14ClNO/c14-11-7-3-4-8-12(11)15-13(16)9-10-5-1-2-6-10/h1,3-5,7-8,10H,2,6,9H2,(H,15,16).